The maximum Gasteiger partial charge on any atom is 0.246 e. The number of thiophene rings is 1. The van der Waals surface area contributed by atoms with E-state index >= 15 is 0 Å². The van der Waals surface area contributed by atoms with Crippen LogP contribution in [-0.2, 0) is 30.5 Å². The van der Waals surface area contributed by atoms with Crippen molar-refractivity contribution in [3.8, 4) is 0 Å². The Kier molecular flexibility index (Phi) is 5.91. The third-order valence-electron chi connectivity index (χ3n) is 6.48. The molecule has 0 N–H and O–H groups in total. The van der Waals surface area contributed by atoms with Crippen LogP contribution < -0.4 is 4.90 Å². The standard InChI is InChI=1S/C25H27FN4OS/c1-2-22(31)29-13-15-30(16-14-29)24-23-18-8-4-6-10-20(18)32-25(23)28-21(27-24)12-11-17-7-3-5-9-19(17)26/h2-3,5,7,9H,1,4,6,8,10-16H2. The second-order valence-corrected chi connectivity index (χ2v) is 9.55. The van der Waals surface area contributed by atoms with Gasteiger partial charge in [-0.2, -0.15) is 0 Å². The molecule has 2 aromatic heterocycles. The highest BCUT2D eigenvalue weighted by atomic mass is 32.1. The average Bonchev–Trinajstić information content (AvgIpc) is 3.21. The molecule has 1 aliphatic carbocycles. The van der Waals surface area contributed by atoms with Crippen LogP contribution in [0.2, 0.25) is 0 Å². The predicted molar refractivity (Wildman–Crippen MR) is 127 cm³/mol. The number of anilines is 1. The van der Waals surface area contributed by atoms with E-state index in [2.05, 4.69) is 11.5 Å². The number of fused-ring (bicyclic) bond motifs is 3. The number of halogens is 1. The Morgan fingerprint density at radius 3 is 2.66 bits per heavy atom. The van der Waals surface area contributed by atoms with Gasteiger partial charge < -0.3 is 9.80 Å². The molecule has 1 aliphatic heterocycles. The van der Waals surface area contributed by atoms with Crippen molar-refractivity contribution >= 4 is 33.3 Å². The normalized spacial score (nSPS) is 16.3. The second-order valence-electron chi connectivity index (χ2n) is 8.46. The van der Waals surface area contributed by atoms with Crippen LogP contribution in [0.15, 0.2) is 36.9 Å². The number of nitrogens with zero attached hydrogens (tertiary/aromatic N) is 4. The van der Waals surface area contributed by atoms with E-state index in [1.807, 2.05) is 17.0 Å². The summed E-state index contributed by atoms with van der Waals surface area (Å²) in [6, 6.07) is 6.91. The van der Waals surface area contributed by atoms with E-state index in [9.17, 15) is 9.18 Å². The molecule has 5 nitrogen and oxygen atoms in total. The van der Waals surface area contributed by atoms with Crippen molar-refractivity contribution in [2.45, 2.75) is 38.5 Å². The zero-order valence-corrected chi connectivity index (χ0v) is 19.0. The van der Waals surface area contributed by atoms with Crippen LogP contribution in [0.1, 0.15) is 34.7 Å². The van der Waals surface area contributed by atoms with Crippen molar-refractivity contribution in [3.05, 3.63) is 64.6 Å². The smallest absolute Gasteiger partial charge is 0.246 e. The molecule has 166 valence electrons. The number of carbonyl (C=O) groups is 1. The van der Waals surface area contributed by atoms with E-state index in [4.69, 9.17) is 9.97 Å². The topological polar surface area (TPSA) is 49.3 Å². The number of rotatable bonds is 5. The number of benzene rings is 1. The number of aryl methyl sites for hydroxylation is 4. The third kappa shape index (κ3) is 4.01. The summed E-state index contributed by atoms with van der Waals surface area (Å²) in [5, 5.41) is 1.20. The molecule has 1 amide bonds. The van der Waals surface area contributed by atoms with Crippen LogP contribution in [0.4, 0.5) is 10.2 Å². The van der Waals surface area contributed by atoms with Crippen molar-refractivity contribution in [2.24, 2.45) is 0 Å². The van der Waals surface area contributed by atoms with Gasteiger partial charge in [0.15, 0.2) is 0 Å². The summed E-state index contributed by atoms with van der Waals surface area (Å²) in [4.78, 5) is 28.6. The molecule has 3 aromatic rings. The lowest BCUT2D eigenvalue weighted by Crippen LogP contribution is -2.48. The highest BCUT2D eigenvalue weighted by molar-refractivity contribution is 7.19. The molecule has 1 saturated heterocycles. The summed E-state index contributed by atoms with van der Waals surface area (Å²) in [6.45, 7) is 6.41. The van der Waals surface area contributed by atoms with Crippen LogP contribution in [-0.4, -0.2) is 47.0 Å². The quantitative estimate of drug-likeness (QED) is 0.543. The fraction of sp³-hybridized carbons (Fsp3) is 0.400. The lowest BCUT2D eigenvalue weighted by atomic mass is 9.96. The summed E-state index contributed by atoms with van der Waals surface area (Å²) < 4.78 is 14.1. The van der Waals surface area contributed by atoms with Crippen LogP contribution in [0.5, 0.6) is 0 Å². The molecule has 1 fully saturated rings. The minimum absolute atomic E-state index is 0.0176. The molecule has 1 aromatic carbocycles. The second kappa shape index (κ2) is 8.98. The van der Waals surface area contributed by atoms with Crippen molar-refractivity contribution < 1.29 is 9.18 Å². The Morgan fingerprint density at radius 1 is 1.09 bits per heavy atom. The summed E-state index contributed by atoms with van der Waals surface area (Å²) in [7, 11) is 0. The largest absolute Gasteiger partial charge is 0.352 e. The zero-order valence-electron chi connectivity index (χ0n) is 18.1. The predicted octanol–water partition coefficient (Wildman–Crippen LogP) is 4.33. The Balaban J connectivity index is 1.48. The first-order chi connectivity index (χ1) is 15.6. The molecule has 0 atom stereocenters. The Labute approximate surface area is 191 Å². The van der Waals surface area contributed by atoms with Crippen LogP contribution in [0.25, 0.3) is 10.2 Å². The summed E-state index contributed by atoms with van der Waals surface area (Å²) in [5.41, 5.74) is 2.11. The molecule has 0 unspecified atom stereocenters. The van der Waals surface area contributed by atoms with Gasteiger partial charge >= 0.3 is 0 Å². The van der Waals surface area contributed by atoms with Gasteiger partial charge in [0.25, 0.3) is 0 Å². The van der Waals surface area contributed by atoms with E-state index in [1.54, 1.807) is 17.4 Å². The van der Waals surface area contributed by atoms with E-state index in [-0.39, 0.29) is 11.7 Å². The van der Waals surface area contributed by atoms with Gasteiger partial charge in [-0.25, -0.2) is 14.4 Å². The fourth-order valence-electron chi connectivity index (χ4n) is 4.74. The highest BCUT2D eigenvalue weighted by Gasteiger charge is 2.27. The van der Waals surface area contributed by atoms with E-state index in [0.29, 0.717) is 31.5 Å². The van der Waals surface area contributed by atoms with Crippen molar-refractivity contribution in [1.29, 1.82) is 0 Å². The number of hydrogen-bond acceptors (Lipinski definition) is 5. The lowest BCUT2D eigenvalue weighted by molar-refractivity contribution is -0.126. The summed E-state index contributed by atoms with van der Waals surface area (Å²) >= 11 is 1.80. The van der Waals surface area contributed by atoms with Gasteiger partial charge in [0.05, 0.1) is 5.39 Å². The van der Waals surface area contributed by atoms with Gasteiger partial charge in [0.1, 0.15) is 22.3 Å². The minimum Gasteiger partial charge on any atom is -0.352 e. The molecular formula is C25H27FN4OS. The molecule has 0 radical (unpaired) electrons. The van der Waals surface area contributed by atoms with E-state index in [1.165, 1.54) is 40.8 Å². The maximum atomic E-state index is 14.1. The van der Waals surface area contributed by atoms with E-state index < -0.39 is 0 Å². The van der Waals surface area contributed by atoms with Crippen molar-refractivity contribution in [2.75, 3.05) is 31.1 Å². The van der Waals surface area contributed by atoms with Gasteiger partial charge in [-0.05, 0) is 55.4 Å². The molecule has 3 heterocycles. The summed E-state index contributed by atoms with van der Waals surface area (Å²) in [5.74, 6) is 1.56. The number of aromatic nitrogens is 2. The van der Waals surface area contributed by atoms with Gasteiger partial charge in [-0.15, -0.1) is 11.3 Å². The molecule has 0 spiro atoms. The molecule has 0 bridgehead atoms. The number of amides is 1. The van der Waals surface area contributed by atoms with Crippen LogP contribution in [0, 0.1) is 5.82 Å². The molecular weight excluding hydrogens is 423 g/mol. The fourth-order valence-corrected chi connectivity index (χ4v) is 6.01. The first-order valence-corrected chi connectivity index (χ1v) is 12.2. The Hall–Kier alpha value is -2.80. The first kappa shape index (κ1) is 21.1. The van der Waals surface area contributed by atoms with Crippen LogP contribution >= 0.6 is 11.3 Å². The maximum absolute atomic E-state index is 14.1. The van der Waals surface area contributed by atoms with Gasteiger partial charge in [0.2, 0.25) is 5.91 Å². The Bertz CT molecular complexity index is 1170. The van der Waals surface area contributed by atoms with E-state index in [0.717, 1.165) is 42.4 Å². The SMILES string of the molecule is C=CC(=O)N1CCN(c2nc(CCc3ccccc3F)nc3sc4c(c23)CCCC4)CC1. The van der Waals surface area contributed by atoms with Crippen LogP contribution in [0.3, 0.4) is 0 Å². The number of carbonyl (C=O) groups excluding carboxylic acids is 1. The van der Waals surface area contributed by atoms with Crippen molar-refractivity contribution in [1.82, 2.24) is 14.9 Å². The molecule has 7 heteroatoms. The average molecular weight is 451 g/mol. The molecule has 32 heavy (non-hydrogen) atoms. The third-order valence-corrected chi connectivity index (χ3v) is 7.67. The lowest BCUT2D eigenvalue weighted by Gasteiger charge is -2.35. The first-order valence-electron chi connectivity index (χ1n) is 11.3. The van der Waals surface area contributed by atoms with Crippen molar-refractivity contribution in [3.63, 3.8) is 0 Å². The highest BCUT2D eigenvalue weighted by Crippen LogP contribution is 2.40. The molecule has 2 aliphatic rings. The van der Waals surface area contributed by atoms with Gasteiger partial charge in [-0.1, -0.05) is 24.8 Å². The summed E-state index contributed by atoms with van der Waals surface area (Å²) in [6.07, 6.45) is 7.18. The van der Waals surface area contributed by atoms with Gasteiger partial charge in [-0.3, -0.25) is 4.79 Å². The molecule has 5 rings (SSSR count). The monoisotopic (exact) mass is 450 g/mol. The minimum atomic E-state index is -0.177. The zero-order chi connectivity index (χ0) is 22.1. The number of piperazine rings is 1. The Morgan fingerprint density at radius 2 is 1.88 bits per heavy atom. The van der Waals surface area contributed by atoms with Gasteiger partial charge in [0, 0.05) is 37.5 Å². The molecule has 0 saturated carbocycles. The number of hydrogen-bond donors (Lipinski definition) is 0.